The molecule has 0 aliphatic heterocycles. The third-order valence-electron chi connectivity index (χ3n) is 1.74. The number of nitrogens with one attached hydrogen (secondary N) is 1. The van der Waals surface area contributed by atoms with Crippen LogP contribution in [0.2, 0.25) is 0 Å². The molecule has 0 saturated heterocycles. The van der Waals surface area contributed by atoms with E-state index in [-0.39, 0.29) is 0 Å². The highest BCUT2D eigenvalue weighted by Crippen LogP contribution is 2.21. The van der Waals surface area contributed by atoms with Crippen molar-refractivity contribution < 1.29 is 0 Å². The minimum absolute atomic E-state index is 0.533. The van der Waals surface area contributed by atoms with Gasteiger partial charge in [0.05, 0.1) is 0 Å². The number of hydrogen-bond donors (Lipinski definition) is 1. The van der Waals surface area contributed by atoms with Crippen molar-refractivity contribution in [1.82, 2.24) is 4.98 Å². The van der Waals surface area contributed by atoms with Gasteiger partial charge in [-0.15, -0.1) is 0 Å². The van der Waals surface area contributed by atoms with Gasteiger partial charge in [-0.1, -0.05) is 27.7 Å². The lowest BCUT2D eigenvalue weighted by Gasteiger charge is -2.10. The molecule has 0 spiro atoms. The predicted octanol–water partition coefficient (Wildman–Crippen LogP) is 3.27. The van der Waals surface area contributed by atoms with E-state index in [1.165, 1.54) is 11.3 Å². The van der Waals surface area contributed by atoms with Gasteiger partial charge in [0.1, 0.15) is 0 Å². The van der Waals surface area contributed by atoms with E-state index in [0.717, 1.165) is 0 Å². The molecule has 0 aromatic carbocycles. The van der Waals surface area contributed by atoms with E-state index >= 15 is 0 Å². The first kappa shape index (κ1) is 11.9. The van der Waals surface area contributed by atoms with E-state index in [1.54, 1.807) is 6.20 Å². The first-order valence-electron chi connectivity index (χ1n) is 4.87. The number of anilines is 1. The molecule has 1 rings (SSSR count). The average Bonchev–Trinajstić information content (AvgIpc) is 2.20. The van der Waals surface area contributed by atoms with Crippen molar-refractivity contribution in [3.63, 3.8) is 0 Å². The van der Waals surface area contributed by atoms with E-state index in [1.807, 2.05) is 33.2 Å². The monoisotopic (exact) mass is 180 g/mol. The van der Waals surface area contributed by atoms with Crippen LogP contribution in [0, 0.1) is 0 Å². The van der Waals surface area contributed by atoms with Gasteiger partial charge in [-0.05, 0) is 17.5 Å². The Labute approximate surface area is 81.4 Å². The Bertz CT molecular complexity index is 231. The molecule has 1 heterocycles. The number of aromatic nitrogens is 1. The van der Waals surface area contributed by atoms with E-state index in [4.69, 9.17) is 0 Å². The summed E-state index contributed by atoms with van der Waals surface area (Å²) in [5, 5.41) is 3.14. The summed E-state index contributed by atoms with van der Waals surface area (Å²) in [4.78, 5) is 4.07. The maximum atomic E-state index is 4.07. The first-order chi connectivity index (χ1) is 6.25. The van der Waals surface area contributed by atoms with Crippen molar-refractivity contribution in [2.24, 2.45) is 0 Å². The van der Waals surface area contributed by atoms with Gasteiger partial charge >= 0.3 is 0 Å². The average molecular weight is 180 g/mol. The largest absolute Gasteiger partial charge is 0.388 e. The second kappa shape index (κ2) is 6.46. The molecule has 1 N–H and O–H groups in total. The fourth-order valence-corrected chi connectivity index (χ4v) is 1.09. The van der Waals surface area contributed by atoms with Crippen molar-refractivity contribution >= 4 is 5.69 Å². The zero-order chi connectivity index (χ0) is 10.3. The van der Waals surface area contributed by atoms with Crippen LogP contribution in [0.5, 0.6) is 0 Å². The normalized spacial score (nSPS) is 9.08. The van der Waals surface area contributed by atoms with Crippen LogP contribution in [0.15, 0.2) is 18.5 Å². The Morgan fingerprint density at radius 2 is 1.92 bits per heavy atom. The molecule has 1 aromatic heterocycles. The lowest BCUT2D eigenvalue weighted by atomic mass is 10.0. The quantitative estimate of drug-likeness (QED) is 0.755. The van der Waals surface area contributed by atoms with Crippen LogP contribution in [0.4, 0.5) is 5.69 Å². The smallest absolute Gasteiger partial charge is 0.0403 e. The van der Waals surface area contributed by atoms with Crippen LogP contribution in [0.3, 0.4) is 0 Å². The van der Waals surface area contributed by atoms with Crippen LogP contribution in [0.25, 0.3) is 0 Å². The molecule has 0 aliphatic carbocycles. The first-order valence-corrected chi connectivity index (χ1v) is 4.87. The summed E-state index contributed by atoms with van der Waals surface area (Å²) in [6.45, 7) is 8.33. The molecule has 0 unspecified atom stereocenters. The van der Waals surface area contributed by atoms with Crippen molar-refractivity contribution in [2.45, 2.75) is 33.6 Å². The van der Waals surface area contributed by atoms with Gasteiger partial charge < -0.3 is 5.32 Å². The molecule has 0 aliphatic rings. The minimum Gasteiger partial charge on any atom is -0.388 e. The molecular weight excluding hydrogens is 160 g/mol. The van der Waals surface area contributed by atoms with Crippen LogP contribution >= 0.6 is 0 Å². The Morgan fingerprint density at radius 3 is 2.31 bits per heavy atom. The van der Waals surface area contributed by atoms with Crippen molar-refractivity contribution in [1.29, 1.82) is 0 Å². The van der Waals surface area contributed by atoms with Gasteiger partial charge in [0.2, 0.25) is 0 Å². The lowest BCUT2D eigenvalue weighted by molar-refractivity contribution is 0.860. The van der Waals surface area contributed by atoms with Gasteiger partial charge in [-0.3, -0.25) is 4.98 Å². The van der Waals surface area contributed by atoms with E-state index in [2.05, 4.69) is 24.1 Å². The van der Waals surface area contributed by atoms with Gasteiger partial charge in [-0.2, -0.15) is 0 Å². The molecule has 0 saturated carbocycles. The fraction of sp³-hybridized carbons (Fsp3) is 0.545. The summed E-state index contributed by atoms with van der Waals surface area (Å²) in [5.74, 6) is 0.533. The van der Waals surface area contributed by atoms with Gasteiger partial charge in [0.25, 0.3) is 0 Å². The summed E-state index contributed by atoms with van der Waals surface area (Å²) in [5.41, 5.74) is 2.45. The Hall–Kier alpha value is -1.05. The lowest BCUT2D eigenvalue weighted by Crippen LogP contribution is -1.97. The van der Waals surface area contributed by atoms with Gasteiger partial charge in [0, 0.05) is 25.1 Å². The molecule has 0 amide bonds. The maximum absolute atomic E-state index is 4.07. The highest BCUT2D eigenvalue weighted by atomic mass is 14.8. The molecule has 13 heavy (non-hydrogen) atoms. The molecule has 74 valence electrons. The van der Waals surface area contributed by atoms with Crippen LogP contribution in [-0.2, 0) is 0 Å². The highest BCUT2D eigenvalue weighted by Gasteiger charge is 2.03. The maximum Gasteiger partial charge on any atom is 0.0403 e. The molecule has 0 fully saturated rings. The molecule has 2 heteroatoms. The van der Waals surface area contributed by atoms with Crippen molar-refractivity contribution in [2.75, 3.05) is 12.4 Å². The Morgan fingerprint density at radius 1 is 1.31 bits per heavy atom. The second-order valence-electron chi connectivity index (χ2n) is 2.87. The molecule has 0 atom stereocenters. The second-order valence-corrected chi connectivity index (χ2v) is 2.87. The van der Waals surface area contributed by atoms with E-state index < -0.39 is 0 Å². The van der Waals surface area contributed by atoms with Crippen LogP contribution in [-0.4, -0.2) is 12.0 Å². The van der Waals surface area contributed by atoms with Crippen molar-refractivity contribution in [3.05, 3.63) is 24.0 Å². The third-order valence-corrected chi connectivity index (χ3v) is 1.74. The summed E-state index contributed by atoms with van der Waals surface area (Å²) in [7, 11) is 1.93. The standard InChI is InChI=1S/C9H14N2.C2H6/c1-7(2)8-6-11-5-4-9(8)10-3;1-2/h4-7H,1-3H3,(H,10,11);1-2H3. The molecular formula is C11H20N2. The minimum atomic E-state index is 0.533. The summed E-state index contributed by atoms with van der Waals surface area (Å²) < 4.78 is 0. The zero-order valence-corrected chi connectivity index (χ0v) is 9.26. The summed E-state index contributed by atoms with van der Waals surface area (Å²) >= 11 is 0. The Balaban J connectivity index is 0.000000671. The van der Waals surface area contributed by atoms with Crippen LogP contribution in [0.1, 0.15) is 39.2 Å². The summed E-state index contributed by atoms with van der Waals surface area (Å²) in [6, 6.07) is 2.00. The highest BCUT2D eigenvalue weighted by molar-refractivity contribution is 5.50. The van der Waals surface area contributed by atoms with E-state index in [9.17, 15) is 0 Å². The molecule has 2 nitrogen and oxygen atoms in total. The number of pyridine rings is 1. The van der Waals surface area contributed by atoms with Crippen molar-refractivity contribution in [3.8, 4) is 0 Å². The number of rotatable bonds is 2. The SMILES string of the molecule is CC.CNc1ccncc1C(C)C. The number of hydrogen-bond acceptors (Lipinski definition) is 2. The predicted molar refractivity (Wildman–Crippen MR) is 59.2 cm³/mol. The topological polar surface area (TPSA) is 24.9 Å². The molecule has 1 aromatic rings. The fourth-order valence-electron chi connectivity index (χ4n) is 1.09. The Kier molecular flexibility index (Phi) is 5.94. The summed E-state index contributed by atoms with van der Waals surface area (Å²) in [6.07, 6.45) is 3.72. The molecule has 0 radical (unpaired) electrons. The van der Waals surface area contributed by atoms with Gasteiger partial charge in [-0.25, -0.2) is 0 Å². The van der Waals surface area contributed by atoms with E-state index in [0.29, 0.717) is 5.92 Å². The molecule has 0 bridgehead atoms. The number of nitrogens with zero attached hydrogens (tertiary/aromatic N) is 1. The third kappa shape index (κ3) is 3.45. The van der Waals surface area contributed by atoms with Crippen LogP contribution < -0.4 is 5.32 Å². The van der Waals surface area contributed by atoms with Gasteiger partial charge in [0.15, 0.2) is 0 Å². The zero-order valence-electron chi connectivity index (χ0n) is 9.26.